The number of unbranched alkanes of at least 4 members (excludes halogenated alkanes) is 1. The summed E-state index contributed by atoms with van der Waals surface area (Å²) < 4.78 is 44.4. The Labute approximate surface area is 125 Å². The fourth-order valence-electron chi connectivity index (χ4n) is 2.64. The molecule has 2 rings (SSSR count). The zero-order valence-electron chi connectivity index (χ0n) is 11.9. The predicted octanol–water partition coefficient (Wildman–Crippen LogP) is -0.144. The Kier molecular flexibility index (Phi) is 5.55. The number of benzene rings is 1. The Hall–Kier alpha value is -1.18. The van der Waals surface area contributed by atoms with Crippen molar-refractivity contribution in [1.82, 2.24) is 0 Å². The summed E-state index contributed by atoms with van der Waals surface area (Å²) >= 11 is 0. The molecule has 1 aromatic carbocycles. The van der Waals surface area contributed by atoms with Gasteiger partial charge in [0.25, 0.3) is 0 Å². The van der Waals surface area contributed by atoms with Crippen LogP contribution in [0.15, 0.2) is 24.3 Å². The summed E-state index contributed by atoms with van der Waals surface area (Å²) in [5.41, 5.74) is 1.04. The van der Waals surface area contributed by atoms with E-state index in [9.17, 15) is 17.4 Å². The van der Waals surface area contributed by atoms with Crippen LogP contribution in [0.25, 0.3) is 0 Å². The zero-order chi connectivity index (χ0) is 15.3. The first-order valence-corrected chi connectivity index (χ1v) is 8.79. The largest absolute Gasteiger partial charge is 0.748 e. The Morgan fingerprint density at radius 3 is 2.33 bits per heavy atom. The van der Waals surface area contributed by atoms with Crippen molar-refractivity contribution < 1.29 is 22.3 Å². The molecule has 1 aliphatic rings. The van der Waals surface area contributed by atoms with Gasteiger partial charge in [0.1, 0.15) is 5.82 Å². The van der Waals surface area contributed by atoms with Crippen molar-refractivity contribution in [1.29, 1.82) is 0 Å². The molecule has 0 radical (unpaired) electrons. The van der Waals surface area contributed by atoms with Crippen molar-refractivity contribution in [3.63, 3.8) is 0 Å². The average molecular weight is 316 g/mol. The Morgan fingerprint density at radius 2 is 1.76 bits per heavy atom. The summed E-state index contributed by atoms with van der Waals surface area (Å²) in [6.45, 7) is 4.65. The van der Waals surface area contributed by atoms with Crippen LogP contribution in [0.1, 0.15) is 12.8 Å². The molecule has 1 heterocycles. The van der Waals surface area contributed by atoms with Crippen LogP contribution in [0.2, 0.25) is 0 Å². The molecule has 21 heavy (non-hydrogen) atoms. The van der Waals surface area contributed by atoms with E-state index in [1.54, 1.807) is 12.1 Å². The molecule has 1 saturated heterocycles. The molecule has 1 fully saturated rings. The quantitative estimate of drug-likeness (QED) is 0.586. The number of rotatable bonds is 6. The van der Waals surface area contributed by atoms with Crippen molar-refractivity contribution in [2.45, 2.75) is 12.8 Å². The molecule has 1 aromatic rings. The molecule has 0 atom stereocenters. The standard InChI is InChI=1S/C14H21FN2O3S/c15-13-3-5-14(6-4-13)17-10-8-16(9-11-17)7-1-2-12-21(18,19)20/h3-6H,1-2,7-12H2,(H,18,19,20). The van der Waals surface area contributed by atoms with Crippen LogP contribution in [0.5, 0.6) is 0 Å². The van der Waals surface area contributed by atoms with Crippen LogP contribution in [0, 0.1) is 5.82 Å². The summed E-state index contributed by atoms with van der Waals surface area (Å²) in [4.78, 5) is 3.65. The van der Waals surface area contributed by atoms with Crippen molar-refractivity contribution in [2.75, 3.05) is 43.4 Å². The Balaban J connectivity index is 1.70. The predicted molar refractivity (Wildman–Crippen MR) is 78.0 cm³/mol. The van der Waals surface area contributed by atoms with Crippen LogP contribution in [0.3, 0.4) is 0 Å². The Morgan fingerprint density at radius 1 is 1.14 bits per heavy atom. The molecular weight excluding hydrogens is 295 g/mol. The minimum absolute atomic E-state index is 0.226. The summed E-state index contributed by atoms with van der Waals surface area (Å²) in [5.74, 6) is -0.488. The maximum Gasteiger partial charge on any atom is 0.123 e. The van der Waals surface area contributed by atoms with Crippen LogP contribution in [-0.2, 0) is 10.1 Å². The first kappa shape index (κ1) is 16.2. The highest BCUT2D eigenvalue weighted by Gasteiger charge is 2.19. The molecule has 0 bridgehead atoms. The number of piperazine rings is 1. The number of quaternary nitrogens is 1. The summed E-state index contributed by atoms with van der Waals surface area (Å²) in [7, 11) is -4.07. The molecule has 1 N–H and O–H groups in total. The normalized spacial score (nSPS) is 17.1. The van der Waals surface area contributed by atoms with Crippen molar-refractivity contribution >= 4 is 15.8 Å². The van der Waals surface area contributed by atoms with E-state index in [-0.39, 0.29) is 11.6 Å². The third-order valence-electron chi connectivity index (χ3n) is 3.84. The van der Waals surface area contributed by atoms with Gasteiger partial charge in [-0.3, -0.25) is 0 Å². The van der Waals surface area contributed by atoms with Gasteiger partial charge in [-0.1, -0.05) is 0 Å². The van der Waals surface area contributed by atoms with Gasteiger partial charge in [-0.05, 0) is 37.1 Å². The molecule has 1 aliphatic heterocycles. The number of halogens is 1. The molecule has 7 heteroatoms. The molecule has 0 saturated carbocycles. The van der Waals surface area contributed by atoms with Gasteiger partial charge in [0.05, 0.1) is 42.8 Å². The number of nitrogens with zero attached hydrogens (tertiary/aromatic N) is 1. The van der Waals surface area contributed by atoms with E-state index in [1.807, 2.05) is 0 Å². The smallest absolute Gasteiger partial charge is 0.123 e. The third kappa shape index (κ3) is 5.61. The lowest BCUT2D eigenvalue weighted by molar-refractivity contribution is -0.900. The zero-order valence-corrected chi connectivity index (χ0v) is 12.7. The number of hydrogen-bond donors (Lipinski definition) is 1. The van der Waals surface area contributed by atoms with E-state index in [4.69, 9.17) is 0 Å². The van der Waals surface area contributed by atoms with Gasteiger partial charge in [0.2, 0.25) is 0 Å². The average Bonchev–Trinajstić information content (AvgIpc) is 2.44. The van der Waals surface area contributed by atoms with E-state index in [0.29, 0.717) is 6.42 Å². The SMILES string of the molecule is O=S(=O)([O-])CCCC[NH+]1CCN(c2ccc(F)cc2)CC1. The molecule has 5 nitrogen and oxygen atoms in total. The molecule has 0 amide bonds. The first-order valence-electron chi connectivity index (χ1n) is 7.22. The van der Waals surface area contributed by atoms with Gasteiger partial charge < -0.3 is 14.4 Å². The maximum absolute atomic E-state index is 12.9. The molecule has 118 valence electrons. The minimum Gasteiger partial charge on any atom is -0.748 e. The highest BCUT2D eigenvalue weighted by Crippen LogP contribution is 2.14. The van der Waals surface area contributed by atoms with E-state index in [1.165, 1.54) is 17.0 Å². The van der Waals surface area contributed by atoms with Crippen molar-refractivity contribution in [3.8, 4) is 0 Å². The monoisotopic (exact) mass is 316 g/mol. The van der Waals surface area contributed by atoms with Crippen molar-refractivity contribution in [3.05, 3.63) is 30.1 Å². The van der Waals surface area contributed by atoms with Gasteiger partial charge >= 0.3 is 0 Å². The lowest BCUT2D eigenvalue weighted by atomic mass is 10.2. The van der Waals surface area contributed by atoms with E-state index in [2.05, 4.69) is 4.90 Å². The summed E-state index contributed by atoms with van der Waals surface area (Å²) in [6, 6.07) is 6.52. The second-order valence-electron chi connectivity index (χ2n) is 5.43. The first-order chi connectivity index (χ1) is 9.94. The van der Waals surface area contributed by atoms with E-state index >= 15 is 0 Å². The van der Waals surface area contributed by atoms with Gasteiger partial charge in [0.15, 0.2) is 0 Å². The highest BCUT2D eigenvalue weighted by molar-refractivity contribution is 7.85. The second kappa shape index (κ2) is 7.20. The van der Waals surface area contributed by atoms with Gasteiger partial charge in [-0.2, -0.15) is 0 Å². The van der Waals surface area contributed by atoms with E-state index in [0.717, 1.165) is 44.8 Å². The number of nitrogens with one attached hydrogen (secondary N) is 1. The highest BCUT2D eigenvalue weighted by atomic mass is 32.2. The summed E-state index contributed by atoms with van der Waals surface area (Å²) in [5, 5.41) is 0. The van der Waals surface area contributed by atoms with Crippen molar-refractivity contribution in [2.24, 2.45) is 0 Å². The van der Waals surface area contributed by atoms with Gasteiger partial charge in [-0.15, -0.1) is 0 Å². The Bertz CT molecular complexity index is 540. The number of hydrogen-bond acceptors (Lipinski definition) is 4. The third-order valence-corrected chi connectivity index (χ3v) is 4.63. The fraction of sp³-hybridized carbons (Fsp3) is 0.571. The van der Waals surface area contributed by atoms with Crippen LogP contribution in [-0.4, -0.2) is 51.4 Å². The molecule has 0 aromatic heterocycles. The van der Waals surface area contributed by atoms with Gasteiger partial charge in [0, 0.05) is 11.4 Å². The molecular formula is C14H21FN2O3S. The molecule has 0 aliphatic carbocycles. The number of anilines is 1. The lowest BCUT2D eigenvalue weighted by Crippen LogP contribution is -3.14. The molecule has 0 spiro atoms. The molecule has 0 unspecified atom stereocenters. The van der Waals surface area contributed by atoms with E-state index < -0.39 is 10.1 Å². The van der Waals surface area contributed by atoms with Crippen LogP contribution >= 0.6 is 0 Å². The van der Waals surface area contributed by atoms with Gasteiger partial charge in [-0.25, -0.2) is 12.8 Å². The lowest BCUT2D eigenvalue weighted by Gasteiger charge is -2.33. The fourth-order valence-corrected chi connectivity index (χ4v) is 3.19. The second-order valence-corrected chi connectivity index (χ2v) is 6.96. The van der Waals surface area contributed by atoms with Crippen LogP contribution in [0.4, 0.5) is 10.1 Å². The topological polar surface area (TPSA) is 64.9 Å². The maximum atomic E-state index is 12.9. The minimum atomic E-state index is -4.07. The summed E-state index contributed by atoms with van der Waals surface area (Å²) in [6.07, 6.45) is 1.20. The van der Waals surface area contributed by atoms with Crippen LogP contribution < -0.4 is 9.80 Å².